The van der Waals surface area contributed by atoms with E-state index in [0.29, 0.717) is 0 Å². The Balaban J connectivity index is 0.000000144. The first-order chi connectivity index (χ1) is 73.6. The van der Waals surface area contributed by atoms with Gasteiger partial charge in [-0.15, -0.1) is 0 Å². The highest BCUT2D eigenvalue weighted by Crippen LogP contribution is 2.45. The minimum absolute atomic E-state index is 0.0391. The van der Waals surface area contributed by atoms with Crippen LogP contribution in [0.25, 0.3) is 0 Å². The third-order valence-corrected chi connectivity index (χ3v) is 43.7. The first-order valence-corrected chi connectivity index (χ1v) is 66.4. The second kappa shape index (κ2) is 66.2. The fraction of sp³-hybridized carbons (Fsp3) is 0.500. The van der Waals surface area contributed by atoms with Crippen molar-refractivity contribution < 1.29 is 0 Å². The van der Waals surface area contributed by atoms with E-state index in [2.05, 4.69) is 322 Å². The molecule has 4 heteroatoms. The van der Waals surface area contributed by atoms with Gasteiger partial charge >= 0.3 is 0 Å². The Morgan fingerprint density at radius 2 is 0.169 bits per heavy atom. The van der Waals surface area contributed by atoms with Gasteiger partial charge in [-0.3, -0.25) is 0 Å². The van der Waals surface area contributed by atoms with Crippen LogP contribution in [-0.2, 0) is 43.6 Å². The van der Waals surface area contributed by atoms with Gasteiger partial charge in [0.25, 0.3) is 0 Å². The van der Waals surface area contributed by atoms with Gasteiger partial charge in [-0.05, 0) is 316 Å². The third kappa shape index (κ3) is 37.2. The number of rotatable bonds is 19. The summed E-state index contributed by atoms with van der Waals surface area (Å²) in [5.41, 5.74) is 11.0. The van der Waals surface area contributed by atoms with Gasteiger partial charge < -0.3 is 0 Å². The summed E-state index contributed by atoms with van der Waals surface area (Å²) in [5.74, 6) is 5.19. The van der Waals surface area contributed by atoms with Crippen LogP contribution in [0.3, 0.4) is 0 Å². The predicted octanol–water partition coefficient (Wildman–Crippen LogP) is 45.2. The molecule has 12 aromatic rings. The molecule has 0 spiro atoms. The van der Waals surface area contributed by atoms with Crippen LogP contribution in [0.4, 0.5) is 0 Å². The molecule has 12 aromatic carbocycles. The molecule has 0 nitrogen and oxygen atoms in total. The van der Waals surface area contributed by atoms with Crippen LogP contribution in [0.15, 0.2) is 380 Å². The molecule has 0 saturated heterocycles. The molecule has 0 bridgehead atoms. The zero-order valence-electron chi connectivity index (χ0n) is 91.7. The highest BCUT2D eigenvalue weighted by atomic mass is 32.2. The Bertz CT molecular complexity index is 5060. The Hall–Kier alpha value is -7.96. The molecular formula is C144H190S4+4. The van der Waals surface area contributed by atoms with Crippen molar-refractivity contribution in [2.45, 2.75) is 518 Å². The molecule has 7 fully saturated rings. The average Bonchev–Trinajstić information content (AvgIpc) is 0.773. The van der Waals surface area contributed by atoms with Gasteiger partial charge in [-0.2, -0.15) is 0 Å². The molecule has 0 atom stereocenters. The standard InChI is InChI=1S/C48H69S.C38H51S.C30H37S.C28H33S/c1-4-10-16-22-40(23-17-11-5-1)43-28-34-46(35-29-43)49(47-36-30-44(31-37-47)41-24-18-12-6-2-7-13-19-25-41)48-38-32-45(33-39-48)42-26-20-14-8-3-9-15-21-27-42;1-3-7-12-18-32(19-13-8-4-1)34-24-28-37(29-25-34)39(36-22-16-11-17-23-36)38-30-26-35(27-31-38)33-20-14-9-5-2-6-10-15-21-33;1-2-4-6-10-16-26(17-11-7-5-3-1)27-22-24-30(25-23-27)31(28-18-12-8-13-19-28)29-20-14-9-15-21-29;1-2-4-8-14-24(15-9-5-3-1)25-20-22-28(23-21-25)29(26-16-10-6-11-17-26)27-18-12-7-13-19-27/h28-42H,1-27H2;11,16-17,22-33H,1-10,12-15,18-21H2;8-9,12-15,18-26H,1-7,10-11,16-17H2;6-7,10-13,16-24H,1-5,8-9,14-15H2/q4*+1. The Labute approximate surface area is 914 Å². The van der Waals surface area contributed by atoms with Gasteiger partial charge in [0, 0.05) is 0 Å². The first-order valence-electron chi connectivity index (χ1n) is 61.5. The lowest BCUT2D eigenvalue weighted by Crippen LogP contribution is -2.08. The normalized spacial score (nSPS) is 19.0. The molecule has 0 aromatic heterocycles. The molecule has 786 valence electrons. The first kappa shape index (κ1) is 113. The van der Waals surface area contributed by atoms with E-state index in [1.165, 1.54) is 476 Å². The minimum Gasteiger partial charge on any atom is -0.0619 e. The van der Waals surface area contributed by atoms with E-state index in [9.17, 15) is 0 Å². The van der Waals surface area contributed by atoms with E-state index in [1.807, 2.05) is 0 Å². The lowest BCUT2D eigenvalue weighted by Gasteiger charge is -2.20. The number of hydrogen-bond acceptors (Lipinski definition) is 0. The van der Waals surface area contributed by atoms with Gasteiger partial charge in [0.05, 0.1) is 43.6 Å². The van der Waals surface area contributed by atoms with Crippen molar-refractivity contribution in [2.75, 3.05) is 0 Å². The summed E-state index contributed by atoms with van der Waals surface area (Å²) in [6, 6.07) is 124. The van der Waals surface area contributed by atoms with Crippen molar-refractivity contribution in [2.24, 2.45) is 0 Å². The SMILES string of the molecule is c1cc([S+](c2ccc(C3CCCCCCCCC3)cc2)c2ccc(C3CCCCCCCCC3)cc2)ccc1C1CCCCCCCCC1.c1ccc([S+](c2ccc(C3CCCCCCCCC3)cc2)c2ccc(C3CCCCCCCCC3)cc2)cc1.c1ccc([S+](c2ccccc2)c2ccc(C3CCCCCCCCC3)cc2)cc1.c1ccc([S+](c2ccccc2)c2ccc(C3CCCCCCCCCCC3)cc2)cc1. The van der Waals surface area contributed by atoms with Crippen LogP contribution in [0.5, 0.6) is 0 Å². The van der Waals surface area contributed by atoms with E-state index >= 15 is 0 Å². The molecule has 7 saturated carbocycles. The lowest BCUT2D eigenvalue weighted by molar-refractivity contribution is 0.462. The summed E-state index contributed by atoms with van der Waals surface area (Å²) in [6.45, 7) is 0. The van der Waals surface area contributed by atoms with Gasteiger partial charge in [0.1, 0.15) is 0 Å². The zero-order valence-corrected chi connectivity index (χ0v) is 95.0. The molecule has 0 aliphatic heterocycles. The fourth-order valence-corrected chi connectivity index (χ4v) is 34.2. The Kier molecular flexibility index (Phi) is 50.4. The monoisotopic (exact) mass is 2050 g/mol. The van der Waals surface area contributed by atoms with Crippen molar-refractivity contribution in [3.63, 3.8) is 0 Å². The molecular weight excluding hydrogens is 1860 g/mol. The molecule has 0 amide bonds. The Morgan fingerprint density at radius 3 is 0.264 bits per heavy atom. The van der Waals surface area contributed by atoms with Crippen molar-refractivity contribution in [3.05, 3.63) is 360 Å². The van der Waals surface area contributed by atoms with Gasteiger partial charge in [-0.1, -0.05) is 503 Å². The van der Waals surface area contributed by atoms with Crippen LogP contribution in [0, 0.1) is 0 Å². The second-order valence-electron chi connectivity index (χ2n) is 45.7. The molecule has 0 heterocycles. The zero-order chi connectivity index (χ0) is 101. The number of hydrogen-bond donors (Lipinski definition) is 0. The van der Waals surface area contributed by atoms with Crippen LogP contribution >= 0.6 is 0 Å². The van der Waals surface area contributed by atoms with E-state index < -0.39 is 0 Å². The molecule has 148 heavy (non-hydrogen) atoms. The quantitative estimate of drug-likeness (QED) is 0.0708. The van der Waals surface area contributed by atoms with Crippen molar-refractivity contribution in [1.82, 2.24) is 0 Å². The smallest absolute Gasteiger partial charge is 0.0619 e. The van der Waals surface area contributed by atoms with Crippen molar-refractivity contribution >= 4 is 43.6 Å². The van der Waals surface area contributed by atoms with Gasteiger partial charge in [-0.25, -0.2) is 0 Å². The second-order valence-corrected chi connectivity index (χ2v) is 53.8. The topological polar surface area (TPSA) is 0 Å². The number of benzene rings is 12. The maximum atomic E-state index is 2.52. The molecule has 19 rings (SSSR count). The van der Waals surface area contributed by atoms with Crippen LogP contribution in [0.2, 0.25) is 0 Å². The predicted molar refractivity (Wildman–Crippen MR) is 645 cm³/mol. The summed E-state index contributed by atoms with van der Waals surface area (Å²) >= 11 is 0. The van der Waals surface area contributed by atoms with E-state index in [4.69, 9.17) is 0 Å². The van der Waals surface area contributed by atoms with E-state index in [-0.39, 0.29) is 43.6 Å². The van der Waals surface area contributed by atoms with Crippen LogP contribution < -0.4 is 0 Å². The summed E-state index contributed by atoms with van der Waals surface area (Å²) in [6.07, 6.45) is 91.7. The van der Waals surface area contributed by atoms with Crippen molar-refractivity contribution in [1.29, 1.82) is 0 Å². The summed E-state index contributed by atoms with van der Waals surface area (Å²) in [7, 11) is -0.234. The average molecular weight is 2050 g/mol. The van der Waals surface area contributed by atoms with Gasteiger partial charge in [0.15, 0.2) is 58.7 Å². The summed E-state index contributed by atoms with van der Waals surface area (Å²) < 4.78 is 0. The van der Waals surface area contributed by atoms with Crippen LogP contribution in [0.1, 0.15) is 498 Å². The Morgan fingerprint density at radius 1 is 0.0878 bits per heavy atom. The fourth-order valence-electron chi connectivity index (χ4n) is 25.9. The van der Waals surface area contributed by atoms with Crippen molar-refractivity contribution in [3.8, 4) is 0 Å². The summed E-state index contributed by atoms with van der Waals surface area (Å²) in [4.78, 5) is 17.2. The molecule has 7 aliphatic carbocycles. The van der Waals surface area contributed by atoms with Gasteiger partial charge in [0.2, 0.25) is 0 Å². The van der Waals surface area contributed by atoms with E-state index in [1.54, 1.807) is 38.9 Å². The molecule has 7 aliphatic rings. The molecule has 0 unspecified atom stereocenters. The molecule has 0 N–H and O–H groups in total. The maximum absolute atomic E-state index is 2.52. The third-order valence-electron chi connectivity index (χ3n) is 34.7. The lowest BCUT2D eigenvalue weighted by atomic mass is 9.87. The van der Waals surface area contributed by atoms with E-state index in [0.717, 1.165) is 41.4 Å². The summed E-state index contributed by atoms with van der Waals surface area (Å²) in [5, 5.41) is 0. The van der Waals surface area contributed by atoms with Crippen LogP contribution in [-0.4, -0.2) is 0 Å². The largest absolute Gasteiger partial charge is 0.166 e. The maximum Gasteiger partial charge on any atom is 0.166 e. The minimum atomic E-state index is -0.0881. The molecule has 0 radical (unpaired) electrons. The highest BCUT2D eigenvalue weighted by molar-refractivity contribution is 7.98. The highest BCUT2D eigenvalue weighted by Gasteiger charge is 2.36.